The number of ether oxygens (including phenoxy) is 1. The lowest BCUT2D eigenvalue weighted by Crippen LogP contribution is -2.39. The minimum atomic E-state index is -2.96. The number of amides is 1. The van der Waals surface area contributed by atoms with Crippen molar-refractivity contribution in [3.63, 3.8) is 0 Å². The lowest BCUT2D eigenvalue weighted by molar-refractivity contribution is -0.144. The van der Waals surface area contributed by atoms with E-state index in [4.69, 9.17) is 0 Å². The number of hydrogen-bond acceptors (Lipinski definition) is 5. The fourth-order valence-electron chi connectivity index (χ4n) is 1.83. The Balaban J connectivity index is 2.38. The monoisotopic (exact) mass is 263 g/mol. The van der Waals surface area contributed by atoms with E-state index in [0.29, 0.717) is 6.42 Å². The molecule has 1 aliphatic rings. The molecule has 0 radical (unpaired) electrons. The van der Waals surface area contributed by atoms with Crippen LogP contribution >= 0.6 is 0 Å². The van der Waals surface area contributed by atoms with Crippen molar-refractivity contribution < 1.29 is 22.7 Å². The molecule has 17 heavy (non-hydrogen) atoms. The molecule has 98 valence electrons. The van der Waals surface area contributed by atoms with E-state index in [9.17, 15) is 18.0 Å². The van der Waals surface area contributed by atoms with Crippen molar-refractivity contribution in [3.8, 4) is 0 Å². The Hall–Kier alpha value is -1.11. The maximum Gasteiger partial charge on any atom is 0.328 e. The smallest absolute Gasteiger partial charge is 0.328 e. The van der Waals surface area contributed by atoms with Gasteiger partial charge >= 0.3 is 5.97 Å². The number of hydrogen-bond donors (Lipinski definition) is 1. The molecule has 0 aliphatic carbocycles. The molecule has 1 N–H and O–H groups in total. The number of sulfone groups is 1. The zero-order valence-electron chi connectivity index (χ0n) is 9.93. The number of rotatable bonds is 4. The standard InChI is InChI=1S/C10H17NO5S/c1-7(10(13)16-2)11-9(12)5-8-3-4-17(14,15)6-8/h7-8H,3-6H2,1-2H3,(H,11,12). The molecule has 0 saturated carbocycles. The van der Waals surface area contributed by atoms with Gasteiger partial charge in [-0.05, 0) is 19.3 Å². The second kappa shape index (κ2) is 5.48. The van der Waals surface area contributed by atoms with Gasteiger partial charge in [-0.15, -0.1) is 0 Å². The summed E-state index contributed by atoms with van der Waals surface area (Å²) in [6.45, 7) is 1.52. The molecule has 0 spiro atoms. The lowest BCUT2D eigenvalue weighted by Gasteiger charge is -2.13. The predicted molar refractivity (Wildman–Crippen MR) is 61.0 cm³/mol. The molecule has 0 aromatic rings. The van der Waals surface area contributed by atoms with E-state index in [1.54, 1.807) is 0 Å². The van der Waals surface area contributed by atoms with Crippen LogP contribution in [0.2, 0.25) is 0 Å². The molecule has 2 atom stereocenters. The zero-order valence-corrected chi connectivity index (χ0v) is 10.7. The van der Waals surface area contributed by atoms with Crippen LogP contribution in [0.15, 0.2) is 0 Å². The van der Waals surface area contributed by atoms with E-state index in [-0.39, 0.29) is 29.8 Å². The SMILES string of the molecule is COC(=O)C(C)NC(=O)CC1CCS(=O)(=O)C1. The first kappa shape index (κ1) is 14.0. The maximum absolute atomic E-state index is 11.5. The molecule has 1 fully saturated rings. The van der Waals surface area contributed by atoms with Crippen LogP contribution in [0.5, 0.6) is 0 Å². The highest BCUT2D eigenvalue weighted by Gasteiger charge is 2.30. The van der Waals surface area contributed by atoms with Crippen LogP contribution in [0, 0.1) is 5.92 Å². The Labute approximate surface area is 101 Å². The minimum Gasteiger partial charge on any atom is -0.467 e. The Bertz CT molecular complexity index is 403. The summed E-state index contributed by atoms with van der Waals surface area (Å²) in [6.07, 6.45) is 0.656. The molecule has 1 rings (SSSR count). The molecule has 0 bridgehead atoms. The molecule has 7 heteroatoms. The molecular weight excluding hydrogens is 246 g/mol. The van der Waals surface area contributed by atoms with Gasteiger partial charge in [0.05, 0.1) is 18.6 Å². The Morgan fingerprint density at radius 2 is 2.12 bits per heavy atom. The average molecular weight is 263 g/mol. The van der Waals surface area contributed by atoms with Gasteiger partial charge in [0.25, 0.3) is 0 Å². The van der Waals surface area contributed by atoms with Gasteiger partial charge in [0.1, 0.15) is 6.04 Å². The van der Waals surface area contributed by atoms with Crippen molar-refractivity contribution in [2.45, 2.75) is 25.8 Å². The largest absolute Gasteiger partial charge is 0.467 e. The third-order valence-corrected chi connectivity index (χ3v) is 4.57. The summed E-state index contributed by atoms with van der Waals surface area (Å²) in [5.41, 5.74) is 0. The van der Waals surface area contributed by atoms with E-state index < -0.39 is 21.8 Å². The van der Waals surface area contributed by atoms with Crippen molar-refractivity contribution in [1.29, 1.82) is 0 Å². The topological polar surface area (TPSA) is 89.5 Å². The lowest BCUT2D eigenvalue weighted by atomic mass is 10.0. The Morgan fingerprint density at radius 1 is 1.47 bits per heavy atom. The van der Waals surface area contributed by atoms with Crippen LogP contribution in [0.4, 0.5) is 0 Å². The highest BCUT2D eigenvalue weighted by Crippen LogP contribution is 2.21. The fourth-order valence-corrected chi connectivity index (χ4v) is 3.69. The van der Waals surface area contributed by atoms with Crippen molar-refractivity contribution in [2.75, 3.05) is 18.6 Å². The van der Waals surface area contributed by atoms with E-state index >= 15 is 0 Å². The quantitative estimate of drug-likeness (QED) is 0.690. The van der Waals surface area contributed by atoms with Gasteiger partial charge in [-0.1, -0.05) is 0 Å². The summed E-state index contributed by atoms with van der Waals surface area (Å²) in [4.78, 5) is 22.6. The second-order valence-corrected chi connectivity index (χ2v) is 6.51. The van der Waals surface area contributed by atoms with Crippen molar-refractivity contribution in [2.24, 2.45) is 5.92 Å². The molecule has 1 heterocycles. The second-order valence-electron chi connectivity index (χ2n) is 4.29. The summed E-state index contributed by atoms with van der Waals surface area (Å²) >= 11 is 0. The highest BCUT2D eigenvalue weighted by molar-refractivity contribution is 7.91. The number of nitrogens with one attached hydrogen (secondary N) is 1. The van der Waals surface area contributed by atoms with Gasteiger partial charge in [-0.25, -0.2) is 13.2 Å². The third kappa shape index (κ3) is 4.33. The first-order valence-electron chi connectivity index (χ1n) is 5.41. The summed E-state index contributed by atoms with van der Waals surface area (Å²) in [5, 5.41) is 2.48. The van der Waals surface area contributed by atoms with Crippen molar-refractivity contribution in [1.82, 2.24) is 5.32 Å². The molecular formula is C10H17NO5S. The fraction of sp³-hybridized carbons (Fsp3) is 0.800. The van der Waals surface area contributed by atoms with Gasteiger partial charge < -0.3 is 10.1 Å². The summed E-state index contributed by atoms with van der Waals surface area (Å²) in [6, 6.07) is -0.703. The van der Waals surface area contributed by atoms with Gasteiger partial charge in [0.15, 0.2) is 9.84 Å². The van der Waals surface area contributed by atoms with Crippen LogP contribution in [-0.4, -0.2) is 45.0 Å². The molecule has 1 amide bonds. The van der Waals surface area contributed by atoms with E-state index in [0.717, 1.165) is 0 Å². The van der Waals surface area contributed by atoms with Crippen molar-refractivity contribution >= 4 is 21.7 Å². The van der Waals surface area contributed by atoms with E-state index in [1.165, 1.54) is 14.0 Å². The Kier molecular flexibility index (Phi) is 4.50. The van der Waals surface area contributed by atoms with Gasteiger partial charge in [-0.3, -0.25) is 4.79 Å². The van der Waals surface area contributed by atoms with Gasteiger partial charge in [-0.2, -0.15) is 0 Å². The first-order chi connectivity index (χ1) is 7.84. The molecule has 0 aromatic carbocycles. The van der Waals surface area contributed by atoms with E-state index in [2.05, 4.69) is 10.1 Å². The van der Waals surface area contributed by atoms with Gasteiger partial charge in [0.2, 0.25) is 5.91 Å². The molecule has 0 aromatic heterocycles. The highest BCUT2D eigenvalue weighted by atomic mass is 32.2. The number of carbonyl (C=O) groups is 2. The minimum absolute atomic E-state index is 0.0625. The summed E-state index contributed by atoms with van der Waals surface area (Å²) in [5.74, 6) is -0.753. The van der Waals surface area contributed by atoms with Crippen LogP contribution < -0.4 is 5.32 Å². The number of carbonyl (C=O) groups excluding carboxylic acids is 2. The summed E-state index contributed by atoms with van der Waals surface area (Å²) in [7, 11) is -1.72. The van der Waals surface area contributed by atoms with Gasteiger partial charge in [0, 0.05) is 6.42 Å². The number of methoxy groups -OCH3 is 1. The Morgan fingerprint density at radius 3 is 2.59 bits per heavy atom. The normalized spacial score (nSPS) is 24.0. The van der Waals surface area contributed by atoms with E-state index in [1.807, 2.05) is 0 Å². The summed E-state index contributed by atoms with van der Waals surface area (Å²) < 4.78 is 26.9. The third-order valence-electron chi connectivity index (χ3n) is 2.73. The average Bonchev–Trinajstić information content (AvgIpc) is 2.56. The molecule has 6 nitrogen and oxygen atoms in total. The maximum atomic E-state index is 11.5. The molecule has 1 saturated heterocycles. The van der Waals surface area contributed by atoms with Crippen LogP contribution in [0.1, 0.15) is 19.8 Å². The van der Waals surface area contributed by atoms with Crippen LogP contribution in [0.3, 0.4) is 0 Å². The molecule has 1 aliphatic heterocycles. The number of esters is 1. The van der Waals surface area contributed by atoms with Crippen LogP contribution in [-0.2, 0) is 24.2 Å². The van der Waals surface area contributed by atoms with Crippen molar-refractivity contribution in [3.05, 3.63) is 0 Å². The predicted octanol–water partition coefficient (Wildman–Crippen LogP) is -0.511. The zero-order chi connectivity index (χ0) is 13.1. The van der Waals surface area contributed by atoms with Crippen LogP contribution in [0.25, 0.3) is 0 Å². The molecule has 2 unspecified atom stereocenters. The first-order valence-corrected chi connectivity index (χ1v) is 7.24.